The molecule has 0 saturated carbocycles. The van der Waals surface area contributed by atoms with E-state index >= 15 is 0 Å². The summed E-state index contributed by atoms with van der Waals surface area (Å²) in [5, 5.41) is 0. The van der Waals surface area contributed by atoms with Crippen molar-refractivity contribution in [1.29, 1.82) is 0 Å². The molecule has 0 bridgehead atoms. The van der Waals surface area contributed by atoms with Gasteiger partial charge in [-0.15, -0.1) is 0 Å². The van der Waals surface area contributed by atoms with Crippen molar-refractivity contribution in [3.8, 4) is 0 Å². The molecule has 1 heterocycles. The average Bonchev–Trinajstić information content (AvgIpc) is 2.22. The Labute approximate surface area is 96.8 Å². The summed E-state index contributed by atoms with van der Waals surface area (Å²) >= 11 is 0. The van der Waals surface area contributed by atoms with Gasteiger partial charge in [-0.1, -0.05) is 0 Å². The molecule has 0 amide bonds. The Morgan fingerprint density at radius 2 is 1.94 bits per heavy atom. The molecule has 0 aromatic heterocycles. The van der Waals surface area contributed by atoms with E-state index in [0.717, 1.165) is 19.6 Å². The summed E-state index contributed by atoms with van der Waals surface area (Å²) in [6.45, 7) is 5.46. The molecule has 1 saturated heterocycles. The summed E-state index contributed by atoms with van der Waals surface area (Å²) in [6.07, 6.45) is 0. The van der Waals surface area contributed by atoms with E-state index in [2.05, 4.69) is 23.8 Å². The second-order valence-corrected chi connectivity index (χ2v) is 4.62. The molecule has 16 heavy (non-hydrogen) atoms. The van der Waals surface area contributed by atoms with E-state index in [-0.39, 0.29) is 0 Å². The number of likely N-dealkylation sites (N-methyl/N-ethyl adjacent to an activating group) is 1. The number of anilines is 3. The molecule has 88 valence electrons. The Morgan fingerprint density at radius 1 is 1.19 bits per heavy atom. The van der Waals surface area contributed by atoms with Crippen LogP contribution in [0, 0.1) is 0 Å². The van der Waals surface area contributed by atoms with E-state index < -0.39 is 0 Å². The van der Waals surface area contributed by atoms with Gasteiger partial charge >= 0.3 is 0 Å². The van der Waals surface area contributed by atoms with Gasteiger partial charge in [0, 0.05) is 31.4 Å². The predicted octanol–water partition coefficient (Wildman–Crippen LogP) is 0.991. The van der Waals surface area contributed by atoms with Gasteiger partial charge in [0.25, 0.3) is 0 Å². The van der Waals surface area contributed by atoms with Gasteiger partial charge in [-0.25, -0.2) is 0 Å². The lowest BCUT2D eigenvalue weighted by Gasteiger charge is -2.40. The molecule has 2 rings (SSSR count). The Bertz CT molecular complexity index is 377. The molecular formula is C12H20N4. The third-order valence-corrected chi connectivity index (χ3v) is 3.23. The minimum Gasteiger partial charge on any atom is -0.397 e. The second kappa shape index (κ2) is 4.22. The van der Waals surface area contributed by atoms with E-state index in [1.54, 1.807) is 0 Å². The lowest BCUT2D eigenvalue weighted by Crippen LogP contribution is -2.50. The van der Waals surface area contributed by atoms with Crippen molar-refractivity contribution in [2.24, 2.45) is 0 Å². The SMILES string of the molecule is CC1CN(C)CCN1c1ccc(N)c(N)c1. The summed E-state index contributed by atoms with van der Waals surface area (Å²) < 4.78 is 0. The Kier molecular flexibility index (Phi) is 2.92. The van der Waals surface area contributed by atoms with Crippen LogP contribution in [0.2, 0.25) is 0 Å². The van der Waals surface area contributed by atoms with Gasteiger partial charge in [0.15, 0.2) is 0 Å². The molecule has 1 aromatic rings. The van der Waals surface area contributed by atoms with Crippen LogP contribution in [0.25, 0.3) is 0 Å². The highest BCUT2D eigenvalue weighted by atomic mass is 15.3. The fourth-order valence-electron chi connectivity index (χ4n) is 2.26. The highest BCUT2D eigenvalue weighted by molar-refractivity contribution is 5.70. The van der Waals surface area contributed by atoms with E-state index in [4.69, 9.17) is 11.5 Å². The normalized spacial score (nSPS) is 22.4. The van der Waals surface area contributed by atoms with Crippen molar-refractivity contribution < 1.29 is 0 Å². The predicted molar refractivity (Wildman–Crippen MR) is 69.6 cm³/mol. The maximum Gasteiger partial charge on any atom is 0.0568 e. The first-order chi connectivity index (χ1) is 7.58. The summed E-state index contributed by atoms with van der Waals surface area (Å²) in [5.74, 6) is 0. The Morgan fingerprint density at radius 3 is 2.56 bits per heavy atom. The molecule has 0 aliphatic carbocycles. The van der Waals surface area contributed by atoms with Crippen molar-refractivity contribution in [2.75, 3.05) is 43.0 Å². The molecule has 4 nitrogen and oxygen atoms in total. The van der Waals surface area contributed by atoms with Crippen LogP contribution >= 0.6 is 0 Å². The van der Waals surface area contributed by atoms with Gasteiger partial charge in [0.1, 0.15) is 0 Å². The molecule has 0 spiro atoms. The topological polar surface area (TPSA) is 58.5 Å². The molecule has 1 aliphatic heterocycles. The lowest BCUT2D eigenvalue weighted by atomic mass is 10.1. The van der Waals surface area contributed by atoms with E-state index in [9.17, 15) is 0 Å². The van der Waals surface area contributed by atoms with E-state index in [0.29, 0.717) is 17.4 Å². The molecule has 4 N–H and O–H groups in total. The summed E-state index contributed by atoms with van der Waals surface area (Å²) in [7, 11) is 2.16. The number of benzene rings is 1. The van der Waals surface area contributed by atoms with E-state index in [1.165, 1.54) is 5.69 Å². The number of nitrogen functional groups attached to an aromatic ring is 2. The summed E-state index contributed by atoms with van der Waals surface area (Å²) in [5.41, 5.74) is 14.1. The van der Waals surface area contributed by atoms with Crippen LogP contribution in [-0.2, 0) is 0 Å². The zero-order valence-corrected chi connectivity index (χ0v) is 9.98. The smallest absolute Gasteiger partial charge is 0.0568 e. The fourth-order valence-corrected chi connectivity index (χ4v) is 2.26. The third-order valence-electron chi connectivity index (χ3n) is 3.23. The Balaban J connectivity index is 2.20. The van der Waals surface area contributed by atoms with Gasteiger partial charge in [0.05, 0.1) is 11.4 Å². The number of nitrogens with two attached hydrogens (primary N) is 2. The van der Waals surface area contributed by atoms with Crippen LogP contribution in [0.1, 0.15) is 6.92 Å². The molecule has 1 aromatic carbocycles. The number of rotatable bonds is 1. The number of nitrogens with zero attached hydrogens (tertiary/aromatic N) is 2. The van der Waals surface area contributed by atoms with Crippen LogP contribution in [0.15, 0.2) is 18.2 Å². The van der Waals surface area contributed by atoms with Gasteiger partial charge in [-0.3, -0.25) is 0 Å². The van der Waals surface area contributed by atoms with Crippen molar-refractivity contribution in [3.05, 3.63) is 18.2 Å². The number of hydrogen-bond donors (Lipinski definition) is 2. The molecule has 1 aliphatic rings. The van der Waals surface area contributed by atoms with Crippen LogP contribution in [-0.4, -0.2) is 37.6 Å². The van der Waals surface area contributed by atoms with Crippen molar-refractivity contribution in [1.82, 2.24) is 4.90 Å². The van der Waals surface area contributed by atoms with Crippen LogP contribution in [0.4, 0.5) is 17.1 Å². The molecule has 4 heteroatoms. The quantitative estimate of drug-likeness (QED) is 0.693. The van der Waals surface area contributed by atoms with Gasteiger partial charge < -0.3 is 21.3 Å². The summed E-state index contributed by atoms with van der Waals surface area (Å²) in [4.78, 5) is 4.73. The van der Waals surface area contributed by atoms with Gasteiger partial charge in [-0.2, -0.15) is 0 Å². The average molecular weight is 220 g/mol. The number of hydrogen-bond acceptors (Lipinski definition) is 4. The second-order valence-electron chi connectivity index (χ2n) is 4.62. The molecule has 0 radical (unpaired) electrons. The highest BCUT2D eigenvalue weighted by Crippen LogP contribution is 2.25. The first-order valence-electron chi connectivity index (χ1n) is 5.68. The van der Waals surface area contributed by atoms with Crippen LogP contribution in [0.5, 0.6) is 0 Å². The van der Waals surface area contributed by atoms with E-state index in [1.807, 2.05) is 18.2 Å². The van der Waals surface area contributed by atoms with Crippen molar-refractivity contribution in [2.45, 2.75) is 13.0 Å². The zero-order chi connectivity index (χ0) is 11.7. The molecular weight excluding hydrogens is 200 g/mol. The monoisotopic (exact) mass is 220 g/mol. The standard InChI is InChI=1S/C12H20N4/c1-9-8-15(2)5-6-16(9)10-3-4-11(13)12(14)7-10/h3-4,7,9H,5-6,8,13-14H2,1-2H3. The minimum absolute atomic E-state index is 0.516. The van der Waals surface area contributed by atoms with Crippen LogP contribution in [0.3, 0.4) is 0 Å². The number of piperazine rings is 1. The van der Waals surface area contributed by atoms with Gasteiger partial charge in [0.2, 0.25) is 0 Å². The first-order valence-corrected chi connectivity index (χ1v) is 5.68. The maximum atomic E-state index is 5.84. The highest BCUT2D eigenvalue weighted by Gasteiger charge is 2.21. The maximum absolute atomic E-state index is 5.84. The van der Waals surface area contributed by atoms with Crippen molar-refractivity contribution in [3.63, 3.8) is 0 Å². The van der Waals surface area contributed by atoms with Crippen LogP contribution < -0.4 is 16.4 Å². The first kappa shape index (κ1) is 11.1. The molecule has 1 unspecified atom stereocenters. The minimum atomic E-state index is 0.516. The zero-order valence-electron chi connectivity index (χ0n) is 9.98. The lowest BCUT2D eigenvalue weighted by molar-refractivity contribution is 0.275. The van der Waals surface area contributed by atoms with Gasteiger partial charge in [-0.05, 0) is 32.2 Å². The summed E-state index contributed by atoms with van der Waals surface area (Å²) in [6, 6.07) is 6.42. The molecule has 1 atom stereocenters. The fraction of sp³-hybridized carbons (Fsp3) is 0.500. The third kappa shape index (κ3) is 2.07. The largest absolute Gasteiger partial charge is 0.397 e. The molecule has 1 fully saturated rings. The van der Waals surface area contributed by atoms with Crippen molar-refractivity contribution >= 4 is 17.1 Å². The Hall–Kier alpha value is -1.42.